The van der Waals surface area contributed by atoms with E-state index < -0.39 is 0 Å². The largest absolute Gasteiger partial charge is 0.330 e. The summed E-state index contributed by atoms with van der Waals surface area (Å²) in [5.41, 5.74) is 16.6. The summed E-state index contributed by atoms with van der Waals surface area (Å²) in [5, 5.41) is 0. The predicted octanol–water partition coefficient (Wildman–Crippen LogP) is 2.97. The second-order valence-electron chi connectivity index (χ2n) is 9.82. The zero-order chi connectivity index (χ0) is 16.7. The van der Waals surface area contributed by atoms with Gasteiger partial charge >= 0.3 is 0 Å². The van der Waals surface area contributed by atoms with Gasteiger partial charge in [0.2, 0.25) is 0 Å². The van der Waals surface area contributed by atoms with Crippen LogP contribution in [0.15, 0.2) is 0 Å². The summed E-state index contributed by atoms with van der Waals surface area (Å²) in [6, 6.07) is 0. The van der Waals surface area contributed by atoms with Crippen LogP contribution in [0.5, 0.6) is 0 Å². The average molecular weight is 334 g/mol. The smallest absolute Gasteiger partial charge is 0.00434 e. The molecule has 9 atom stereocenters. The number of hydrogen-bond acceptors (Lipinski definition) is 3. The van der Waals surface area contributed by atoms with Crippen LogP contribution in [0.3, 0.4) is 0 Å². The van der Waals surface area contributed by atoms with Gasteiger partial charge in [-0.25, -0.2) is 0 Å². The van der Waals surface area contributed by atoms with E-state index in [-0.39, 0.29) is 0 Å². The average Bonchev–Trinajstić information content (AvgIpc) is 3.54. The van der Waals surface area contributed by atoms with Gasteiger partial charge in [-0.3, -0.25) is 0 Å². The van der Waals surface area contributed by atoms with Crippen molar-refractivity contribution in [2.24, 2.45) is 70.5 Å². The van der Waals surface area contributed by atoms with Gasteiger partial charge in [0.1, 0.15) is 0 Å². The Bertz CT molecular complexity index is 360. The van der Waals surface area contributed by atoms with Gasteiger partial charge in [-0.05, 0) is 124 Å². The van der Waals surface area contributed by atoms with Gasteiger partial charge in [0.05, 0.1) is 0 Å². The molecule has 0 aromatic heterocycles. The van der Waals surface area contributed by atoms with Crippen LogP contribution in [0, 0.1) is 53.3 Å². The summed E-state index contributed by atoms with van der Waals surface area (Å²) >= 11 is 0. The van der Waals surface area contributed by atoms with Gasteiger partial charge in [0.15, 0.2) is 0 Å². The summed E-state index contributed by atoms with van der Waals surface area (Å²) in [6.45, 7) is 2.83. The molecule has 6 saturated carbocycles. The molecule has 6 aliphatic carbocycles. The Morgan fingerprint density at radius 1 is 0.542 bits per heavy atom. The Morgan fingerprint density at radius 2 is 0.958 bits per heavy atom. The molecule has 6 fully saturated rings. The van der Waals surface area contributed by atoms with Crippen molar-refractivity contribution in [3.63, 3.8) is 0 Å². The molecule has 0 bridgehead atoms. The van der Waals surface area contributed by atoms with Crippen molar-refractivity contribution in [2.45, 2.75) is 57.8 Å². The van der Waals surface area contributed by atoms with Crippen LogP contribution < -0.4 is 17.2 Å². The second-order valence-corrected chi connectivity index (χ2v) is 9.82. The molecule has 0 aliphatic heterocycles. The summed E-state index contributed by atoms with van der Waals surface area (Å²) in [7, 11) is 0. The highest BCUT2D eigenvalue weighted by Gasteiger charge is 2.51. The zero-order valence-electron chi connectivity index (χ0n) is 15.4. The Kier molecular flexibility index (Phi) is 5.22. The van der Waals surface area contributed by atoms with Crippen molar-refractivity contribution in [1.29, 1.82) is 0 Å². The Balaban J connectivity index is 0.0000000911. The molecule has 0 spiro atoms. The van der Waals surface area contributed by atoms with E-state index in [4.69, 9.17) is 17.2 Å². The minimum absolute atomic E-state index is 0.902. The lowest BCUT2D eigenvalue weighted by Crippen LogP contribution is -2.11. The van der Waals surface area contributed by atoms with Gasteiger partial charge in [0, 0.05) is 0 Å². The molecule has 0 radical (unpaired) electrons. The van der Waals surface area contributed by atoms with Gasteiger partial charge in [0.25, 0.3) is 0 Å². The highest BCUT2D eigenvalue weighted by atomic mass is 14.7. The lowest BCUT2D eigenvalue weighted by Gasteiger charge is -2.05. The van der Waals surface area contributed by atoms with Crippen LogP contribution in [-0.4, -0.2) is 19.6 Å². The van der Waals surface area contributed by atoms with Gasteiger partial charge in [-0.15, -0.1) is 0 Å². The summed E-state index contributed by atoms with van der Waals surface area (Å²) in [4.78, 5) is 0. The van der Waals surface area contributed by atoms with Crippen molar-refractivity contribution in [3.8, 4) is 0 Å². The maximum absolute atomic E-state index is 5.52. The quantitative estimate of drug-likeness (QED) is 0.743. The topological polar surface area (TPSA) is 78.1 Å². The van der Waals surface area contributed by atoms with E-state index in [0.717, 1.165) is 72.9 Å². The van der Waals surface area contributed by atoms with Gasteiger partial charge in [-0.2, -0.15) is 0 Å². The van der Waals surface area contributed by atoms with Crippen LogP contribution in [0.1, 0.15) is 57.8 Å². The maximum atomic E-state index is 5.52. The zero-order valence-corrected chi connectivity index (χ0v) is 15.4. The molecule has 6 aliphatic rings. The van der Waals surface area contributed by atoms with E-state index in [1.165, 1.54) is 57.8 Å². The van der Waals surface area contributed by atoms with Crippen molar-refractivity contribution in [1.82, 2.24) is 0 Å². The fraction of sp³-hybridized carbons (Fsp3) is 1.00. The standard InChI is InChI=1S/3C7H13N/c2*8-4-5-1-6-3-7(6)2-5;8-4-7-5-2-1-3-6(5)7/h3*5-7H,1-4,8H2/t2*5?,6-,7+;5-,6+,7?. The molecule has 0 heterocycles. The van der Waals surface area contributed by atoms with Crippen LogP contribution in [0.2, 0.25) is 0 Å². The molecule has 6 N–H and O–H groups in total. The van der Waals surface area contributed by atoms with E-state index in [1.807, 2.05) is 0 Å². The van der Waals surface area contributed by atoms with E-state index in [1.54, 1.807) is 0 Å². The van der Waals surface area contributed by atoms with Gasteiger partial charge in [-0.1, -0.05) is 6.42 Å². The molecule has 3 unspecified atom stereocenters. The summed E-state index contributed by atoms with van der Waals surface area (Å²) in [6.07, 6.45) is 13.3. The van der Waals surface area contributed by atoms with E-state index in [2.05, 4.69) is 0 Å². The molecule has 0 amide bonds. The Morgan fingerprint density at radius 3 is 1.21 bits per heavy atom. The van der Waals surface area contributed by atoms with E-state index >= 15 is 0 Å². The van der Waals surface area contributed by atoms with Crippen molar-refractivity contribution in [2.75, 3.05) is 19.6 Å². The summed E-state index contributed by atoms with van der Waals surface area (Å²) in [5.74, 6) is 9.35. The van der Waals surface area contributed by atoms with E-state index in [0.29, 0.717) is 0 Å². The fourth-order valence-corrected chi connectivity index (χ4v) is 6.38. The third kappa shape index (κ3) is 3.83. The van der Waals surface area contributed by atoms with E-state index in [9.17, 15) is 0 Å². The lowest BCUT2D eigenvalue weighted by atomic mass is 10.0. The molecule has 3 nitrogen and oxygen atoms in total. The number of rotatable bonds is 3. The molecule has 0 saturated heterocycles. The first-order chi connectivity index (χ1) is 11.7. The third-order valence-corrected chi connectivity index (χ3v) is 8.21. The van der Waals surface area contributed by atoms with Gasteiger partial charge < -0.3 is 17.2 Å². The van der Waals surface area contributed by atoms with Crippen LogP contribution in [0.4, 0.5) is 0 Å². The fourth-order valence-electron chi connectivity index (χ4n) is 6.38. The first-order valence-electron chi connectivity index (χ1n) is 10.8. The monoisotopic (exact) mass is 333 g/mol. The number of hydrogen-bond donors (Lipinski definition) is 3. The lowest BCUT2D eigenvalue weighted by molar-refractivity contribution is 0.499. The van der Waals surface area contributed by atoms with Crippen LogP contribution in [0.25, 0.3) is 0 Å². The van der Waals surface area contributed by atoms with Crippen molar-refractivity contribution >= 4 is 0 Å². The van der Waals surface area contributed by atoms with Crippen molar-refractivity contribution in [3.05, 3.63) is 0 Å². The minimum atomic E-state index is 0.902. The van der Waals surface area contributed by atoms with Crippen LogP contribution >= 0.6 is 0 Å². The first-order valence-corrected chi connectivity index (χ1v) is 10.8. The molecule has 0 aromatic carbocycles. The highest BCUT2D eigenvalue weighted by Crippen LogP contribution is 2.56. The molecule has 6 rings (SSSR count). The molecule has 0 aromatic rings. The molecule has 24 heavy (non-hydrogen) atoms. The van der Waals surface area contributed by atoms with Crippen LogP contribution in [-0.2, 0) is 0 Å². The first kappa shape index (κ1) is 17.3. The number of fused-ring (bicyclic) bond motifs is 3. The molecular formula is C21H39N3. The third-order valence-electron chi connectivity index (χ3n) is 8.21. The SMILES string of the molecule is NCC1C[C@@H]2C[C@@H]2C1.NCC1C[C@@H]2C[C@@H]2C1.NCC1[C@H]2CCC[C@@H]12. The Hall–Kier alpha value is -0.120. The Labute approximate surface area is 148 Å². The molecule has 138 valence electrons. The number of nitrogens with two attached hydrogens (primary N) is 3. The normalized spacial score (nSPS) is 51.4. The van der Waals surface area contributed by atoms with Crippen molar-refractivity contribution < 1.29 is 0 Å². The second kappa shape index (κ2) is 7.25. The maximum Gasteiger partial charge on any atom is -0.00434 e. The highest BCUT2D eigenvalue weighted by molar-refractivity contribution is 5.01. The molecule has 3 heteroatoms. The predicted molar refractivity (Wildman–Crippen MR) is 100 cm³/mol. The summed E-state index contributed by atoms with van der Waals surface area (Å²) < 4.78 is 0. The minimum Gasteiger partial charge on any atom is -0.330 e. The molecular weight excluding hydrogens is 294 g/mol.